The number of esters is 1. The number of benzene rings is 2. The fourth-order valence-corrected chi connectivity index (χ4v) is 2.02. The van der Waals surface area contributed by atoms with Crippen molar-refractivity contribution < 1.29 is 9.53 Å². The monoisotopic (exact) mass is 248 g/mol. The van der Waals surface area contributed by atoms with E-state index in [1.54, 1.807) is 6.07 Å². The number of hydrogen-bond acceptors (Lipinski definition) is 2. The topological polar surface area (TPSA) is 26.3 Å². The van der Waals surface area contributed by atoms with Gasteiger partial charge >= 0.3 is 5.97 Å². The second kappa shape index (κ2) is 4.94. The first-order valence-corrected chi connectivity index (χ1v) is 6.09. The van der Waals surface area contributed by atoms with Crippen LogP contribution < -0.4 is 0 Å². The normalized spacial score (nSPS) is 15.8. The Balaban J connectivity index is 1.87. The Morgan fingerprint density at radius 2 is 1.53 bits per heavy atom. The molecule has 0 saturated carbocycles. The molecule has 0 saturated heterocycles. The molecule has 19 heavy (non-hydrogen) atoms. The lowest BCUT2D eigenvalue weighted by Crippen LogP contribution is -1.92. The SMILES string of the molecule is O=C1O/C(=C/C=C/c2ccccc2)c2ccccc21. The van der Waals surface area contributed by atoms with E-state index in [2.05, 4.69) is 0 Å². The standard InChI is InChI=1S/C17H12O2/c18-17-15-11-5-4-10-14(15)16(19-17)12-6-9-13-7-2-1-3-8-13/h1-12H/b9-6+,16-12+. The van der Waals surface area contributed by atoms with E-state index in [0.29, 0.717) is 11.3 Å². The molecular formula is C17H12O2. The van der Waals surface area contributed by atoms with Gasteiger partial charge in [0, 0.05) is 5.56 Å². The van der Waals surface area contributed by atoms with E-state index < -0.39 is 0 Å². The third kappa shape index (κ3) is 2.33. The van der Waals surface area contributed by atoms with Crippen LogP contribution in [0.4, 0.5) is 0 Å². The Morgan fingerprint density at radius 1 is 0.842 bits per heavy atom. The van der Waals surface area contributed by atoms with Crippen LogP contribution in [0.5, 0.6) is 0 Å². The van der Waals surface area contributed by atoms with E-state index in [0.717, 1.165) is 11.1 Å². The first-order chi connectivity index (χ1) is 9.34. The number of carbonyl (C=O) groups excluding carboxylic acids is 1. The molecule has 0 fully saturated rings. The van der Waals surface area contributed by atoms with Gasteiger partial charge in [-0.2, -0.15) is 0 Å². The van der Waals surface area contributed by atoms with Gasteiger partial charge in [0.1, 0.15) is 5.76 Å². The Hall–Kier alpha value is -2.61. The summed E-state index contributed by atoms with van der Waals surface area (Å²) in [4.78, 5) is 11.6. The highest BCUT2D eigenvalue weighted by atomic mass is 16.5. The Morgan fingerprint density at radius 3 is 2.32 bits per heavy atom. The zero-order chi connectivity index (χ0) is 13.1. The summed E-state index contributed by atoms with van der Waals surface area (Å²) in [5.74, 6) is 0.322. The van der Waals surface area contributed by atoms with Gasteiger partial charge in [-0.05, 0) is 17.7 Å². The minimum Gasteiger partial charge on any atom is -0.422 e. The van der Waals surface area contributed by atoms with E-state index in [1.165, 1.54) is 0 Å². The molecule has 0 aromatic heterocycles. The number of cyclic esters (lactones) is 1. The summed E-state index contributed by atoms with van der Waals surface area (Å²) in [7, 11) is 0. The van der Waals surface area contributed by atoms with Crippen LogP contribution in [0.1, 0.15) is 21.5 Å². The van der Waals surface area contributed by atoms with Gasteiger partial charge in [-0.3, -0.25) is 0 Å². The van der Waals surface area contributed by atoms with Gasteiger partial charge in [0.25, 0.3) is 0 Å². The van der Waals surface area contributed by atoms with Crippen LogP contribution in [0.3, 0.4) is 0 Å². The molecule has 2 aromatic carbocycles. The largest absolute Gasteiger partial charge is 0.422 e. The summed E-state index contributed by atoms with van der Waals surface area (Å²) in [5, 5.41) is 0. The van der Waals surface area contributed by atoms with E-state index in [1.807, 2.05) is 66.8 Å². The van der Waals surface area contributed by atoms with Crippen molar-refractivity contribution in [3.8, 4) is 0 Å². The molecule has 0 N–H and O–H groups in total. The fourth-order valence-electron chi connectivity index (χ4n) is 2.02. The molecule has 1 aliphatic rings. The van der Waals surface area contributed by atoms with Gasteiger partial charge in [-0.15, -0.1) is 0 Å². The highest BCUT2D eigenvalue weighted by Gasteiger charge is 2.24. The molecule has 0 atom stereocenters. The first kappa shape index (κ1) is 11.5. The number of rotatable bonds is 2. The second-order valence-electron chi connectivity index (χ2n) is 4.24. The highest BCUT2D eigenvalue weighted by Crippen LogP contribution is 2.29. The number of hydrogen-bond donors (Lipinski definition) is 0. The molecule has 1 heterocycles. The van der Waals surface area contributed by atoms with Crippen LogP contribution in [0, 0.1) is 0 Å². The van der Waals surface area contributed by atoms with Crippen LogP contribution in [0.15, 0.2) is 66.7 Å². The summed E-state index contributed by atoms with van der Waals surface area (Å²) in [6, 6.07) is 17.4. The molecule has 1 aliphatic heterocycles. The van der Waals surface area contributed by atoms with E-state index >= 15 is 0 Å². The Labute approximate surface area is 111 Å². The summed E-state index contributed by atoms with van der Waals surface area (Å²) < 4.78 is 5.24. The van der Waals surface area contributed by atoms with Crippen molar-refractivity contribution in [3.63, 3.8) is 0 Å². The van der Waals surface area contributed by atoms with Gasteiger partial charge in [0.05, 0.1) is 5.56 Å². The Kier molecular flexibility index (Phi) is 2.99. The fraction of sp³-hybridized carbons (Fsp3) is 0. The average Bonchev–Trinajstić information content (AvgIpc) is 2.78. The lowest BCUT2D eigenvalue weighted by atomic mass is 10.1. The van der Waals surface area contributed by atoms with Gasteiger partial charge in [-0.1, -0.05) is 60.7 Å². The van der Waals surface area contributed by atoms with Crippen LogP contribution in [-0.4, -0.2) is 5.97 Å². The van der Waals surface area contributed by atoms with Crippen LogP contribution in [0.2, 0.25) is 0 Å². The molecule has 2 aromatic rings. The van der Waals surface area contributed by atoms with Crippen LogP contribution in [0.25, 0.3) is 11.8 Å². The van der Waals surface area contributed by atoms with E-state index in [4.69, 9.17) is 4.74 Å². The van der Waals surface area contributed by atoms with Crippen molar-refractivity contribution in [2.75, 3.05) is 0 Å². The zero-order valence-corrected chi connectivity index (χ0v) is 10.2. The average molecular weight is 248 g/mol. The zero-order valence-electron chi connectivity index (χ0n) is 10.2. The highest BCUT2D eigenvalue weighted by molar-refractivity contribution is 6.03. The molecule has 0 bridgehead atoms. The third-order valence-electron chi connectivity index (χ3n) is 2.95. The molecule has 0 amide bonds. The number of ether oxygens (including phenoxy) is 1. The third-order valence-corrected chi connectivity index (χ3v) is 2.95. The van der Waals surface area contributed by atoms with Gasteiger partial charge in [0.2, 0.25) is 0 Å². The number of carbonyl (C=O) groups is 1. The predicted molar refractivity (Wildman–Crippen MR) is 75.3 cm³/mol. The van der Waals surface area contributed by atoms with Crippen molar-refractivity contribution in [1.82, 2.24) is 0 Å². The van der Waals surface area contributed by atoms with Gasteiger partial charge < -0.3 is 4.74 Å². The van der Waals surface area contributed by atoms with E-state index in [9.17, 15) is 4.79 Å². The van der Waals surface area contributed by atoms with Crippen molar-refractivity contribution >= 4 is 17.8 Å². The van der Waals surface area contributed by atoms with Crippen molar-refractivity contribution in [1.29, 1.82) is 0 Å². The van der Waals surface area contributed by atoms with Crippen molar-refractivity contribution in [2.45, 2.75) is 0 Å². The number of allylic oxidation sites excluding steroid dienone is 2. The molecule has 0 unspecified atom stereocenters. The lowest BCUT2D eigenvalue weighted by Gasteiger charge is -1.95. The minimum absolute atomic E-state index is 0.282. The maximum Gasteiger partial charge on any atom is 0.344 e. The maximum atomic E-state index is 11.6. The second-order valence-corrected chi connectivity index (χ2v) is 4.24. The first-order valence-electron chi connectivity index (χ1n) is 6.09. The molecule has 2 heteroatoms. The van der Waals surface area contributed by atoms with Crippen LogP contribution >= 0.6 is 0 Å². The van der Waals surface area contributed by atoms with Gasteiger partial charge in [-0.25, -0.2) is 4.79 Å². The molecule has 92 valence electrons. The maximum absolute atomic E-state index is 11.6. The summed E-state index contributed by atoms with van der Waals surface area (Å²) in [6.07, 6.45) is 5.68. The molecule has 0 aliphatic carbocycles. The minimum atomic E-state index is -0.282. The number of fused-ring (bicyclic) bond motifs is 1. The van der Waals surface area contributed by atoms with Crippen molar-refractivity contribution in [2.24, 2.45) is 0 Å². The molecular weight excluding hydrogens is 236 g/mol. The van der Waals surface area contributed by atoms with Crippen molar-refractivity contribution in [3.05, 3.63) is 83.4 Å². The Bertz CT molecular complexity index is 667. The lowest BCUT2D eigenvalue weighted by molar-refractivity contribution is 0.0716. The summed E-state index contributed by atoms with van der Waals surface area (Å²) in [5.41, 5.74) is 2.59. The summed E-state index contributed by atoms with van der Waals surface area (Å²) >= 11 is 0. The quantitative estimate of drug-likeness (QED) is 0.753. The molecule has 0 radical (unpaired) electrons. The summed E-state index contributed by atoms with van der Waals surface area (Å²) in [6.45, 7) is 0. The molecule has 3 rings (SSSR count). The molecule has 0 spiro atoms. The smallest absolute Gasteiger partial charge is 0.344 e. The van der Waals surface area contributed by atoms with Crippen LogP contribution in [-0.2, 0) is 4.74 Å². The van der Waals surface area contributed by atoms with Gasteiger partial charge in [0.15, 0.2) is 0 Å². The van der Waals surface area contributed by atoms with E-state index in [-0.39, 0.29) is 5.97 Å². The molecule has 2 nitrogen and oxygen atoms in total. The predicted octanol–water partition coefficient (Wildman–Crippen LogP) is 3.91.